The van der Waals surface area contributed by atoms with Crippen LogP contribution in [-0.4, -0.2) is 53.2 Å². The van der Waals surface area contributed by atoms with Crippen molar-refractivity contribution in [3.63, 3.8) is 0 Å². The molecule has 0 aromatic carbocycles. The standard InChI is InChI=1S/C25H41NO3/c1-22-11-8-18(27)16-17(22)6-7-19-20-9-12-25(29,21(28)10-15-26(4)5)24(20,3)14-13-23(19,22)2/h6,18-20,27,29H,7-16H2,1-5H3/t18-,19-,20-,22-,23-,24-,25-/m0/s1. The lowest BCUT2D eigenvalue weighted by Crippen LogP contribution is -2.61. The SMILES string of the molecule is CN(C)CCC(=O)[C@@]1(O)CC[C@H]2[C@@H]3CC=C4C[C@@H](O)CC[C@]4(C)[C@@]3(C)CC[C@@]21C. The second-order valence-electron chi connectivity index (χ2n) is 11.6. The van der Waals surface area contributed by atoms with Crippen LogP contribution in [0.15, 0.2) is 11.6 Å². The highest BCUT2D eigenvalue weighted by atomic mass is 16.3. The van der Waals surface area contributed by atoms with Crippen molar-refractivity contribution < 1.29 is 15.0 Å². The molecule has 0 spiro atoms. The molecule has 2 N–H and O–H groups in total. The maximum Gasteiger partial charge on any atom is 0.166 e. The van der Waals surface area contributed by atoms with Crippen LogP contribution in [0.1, 0.15) is 78.6 Å². The zero-order valence-electron chi connectivity index (χ0n) is 19.1. The Hall–Kier alpha value is -0.710. The molecule has 0 saturated heterocycles. The van der Waals surface area contributed by atoms with Crippen molar-refractivity contribution in [3.8, 4) is 0 Å². The zero-order chi connectivity index (χ0) is 21.2. The van der Waals surface area contributed by atoms with Crippen LogP contribution in [0.5, 0.6) is 0 Å². The Kier molecular flexibility index (Phi) is 5.12. The van der Waals surface area contributed by atoms with Crippen molar-refractivity contribution in [2.45, 2.75) is 90.3 Å². The second-order valence-corrected chi connectivity index (χ2v) is 11.6. The Labute approximate surface area is 176 Å². The number of carbonyl (C=O) groups is 1. The molecule has 3 fully saturated rings. The Balaban J connectivity index is 1.64. The number of Topliss-reactive ketones (excluding diaryl/α,β-unsaturated/α-hetero) is 1. The fraction of sp³-hybridized carbons (Fsp3) is 0.880. The van der Waals surface area contributed by atoms with Crippen LogP contribution < -0.4 is 0 Å². The zero-order valence-corrected chi connectivity index (χ0v) is 19.1. The van der Waals surface area contributed by atoms with Gasteiger partial charge in [-0.15, -0.1) is 0 Å². The van der Waals surface area contributed by atoms with Crippen molar-refractivity contribution in [2.24, 2.45) is 28.1 Å². The van der Waals surface area contributed by atoms with E-state index in [1.54, 1.807) is 0 Å². The molecule has 0 unspecified atom stereocenters. The Morgan fingerprint density at radius 2 is 1.76 bits per heavy atom. The number of allylic oxidation sites excluding steroid dienone is 1. The lowest BCUT2D eigenvalue weighted by atomic mass is 9.40. The lowest BCUT2D eigenvalue weighted by Gasteiger charge is -2.64. The summed E-state index contributed by atoms with van der Waals surface area (Å²) in [6.07, 6.45) is 10.1. The summed E-state index contributed by atoms with van der Waals surface area (Å²) < 4.78 is 0. The number of hydrogen-bond acceptors (Lipinski definition) is 4. The minimum Gasteiger partial charge on any atom is -0.393 e. The quantitative estimate of drug-likeness (QED) is 0.698. The van der Waals surface area contributed by atoms with Crippen LogP contribution in [-0.2, 0) is 4.79 Å². The first kappa shape index (κ1) is 21.5. The van der Waals surface area contributed by atoms with Gasteiger partial charge in [-0.05, 0) is 88.1 Å². The lowest BCUT2D eigenvalue weighted by molar-refractivity contribution is -0.173. The van der Waals surface area contributed by atoms with Crippen LogP contribution in [0.3, 0.4) is 0 Å². The molecule has 3 saturated carbocycles. The third-order valence-electron chi connectivity index (χ3n) is 10.3. The number of rotatable bonds is 4. The average molecular weight is 404 g/mol. The predicted molar refractivity (Wildman–Crippen MR) is 115 cm³/mol. The summed E-state index contributed by atoms with van der Waals surface area (Å²) in [7, 11) is 3.96. The van der Waals surface area contributed by atoms with E-state index < -0.39 is 5.60 Å². The van der Waals surface area contributed by atoms with Crippen LogP contribution in [0.2, 0.25) is 0 Å². The number of ketones is 1. The number of nitrogens with zero attached hydrogens (tertiary/aromatic N) is 1. The highest BCUT2D eigenvalue weighted by Gasteiger charge is 2.68. The van der Waals surface area contributed by atoms with Crippen molar-refractivity contribution in [1.29, 1.82) is 0 Å². The summed E-state index contributed by atoms with van der Waals surface area (Å²) in [5, 5.41) is 22.0. The molecule has 164 valence electrons. The summed E-state index contributed by atoms with van der Waals surface area (Å²) in [5.41, 5.74) is 0.332. The maximum atomic E-state index is 13.2. The molecule has 0 aromatic rings. The van der Waals surface area contributed by atoms with E-state index in [1.807, 2.05) is 19.0 Å². The van der Waals surface area contributed by atoms with Gasteiger partial charge >= 0.3 is 0 Å². The van der Waals surface area contributed by atoms with E-state index in [4.69, 9.17) is 0 Å². The van der Waals surface area contributed by atoms with Crippen LogP contribution in [0, 0.1) is 28.1 Å². The largest absolute Gasteiger partial charge is 0.393 e. The Morgan fingerprint density at radius 1 is 1.07 bits per heavy atom. The molecule has 4 aliphatic carbocycles. The topological polar surface area (TPSA) is 60.8 Å². The molecule has 0 aromatic heterocycles. The fourth-order valence-corrected chi connectivity index (χ4v) is 7.99. The molecule has 4 nitrogen and oxygen atoms in total. The van der Waals surface area contributed by atoms with Gasteiger partial charge in [-0.3, -0.25) is 4.79 Å². The van der Waals surface area contributed by atoms with Gasteiger partial charge in [0.25, 0.3) is 0 Å². The van der Waals surface area contributed by atoms with Gasteiger partial charge in [-0.2, -0.15) is 0 Å². The molecule has 7 atom stereocenters. The first-order valence-electron chi connectivity index (χ1n) is 11.8. The molecule has 29 heavy (non-hydrogen) atoms. The number of hydrogen-bond donors (Lipinski definition) is 2. The number of aliphatic hydroxyl groups excluding tert-OH is 1. The second kappa shape index (κ2) is 6.90. The minimum atomic E-state index is -1.16. The molecular formula is C25H41NO3. The molecule has 4 heteroatoms. The number of fused-ring (bicyclic) bond motifs is 5. The Morgan fingerprint density at radius 3 is 2.45 bits per heavy atom. The van der Waals surface area contributed by atoms with E-state index in [0.29, 0.717) is 31.2 Å². The molecule has 0 aliphatic heterocycles. The Bertz CT molecular complexity index is 717. The van der Waals surface area contributed by atoms with Crippen LogP contribution in [0.4, 0.5) is 0 Å². The molecule has 0 heterocycles. The van der Waals surface area contributed by atoms with Gasteiger partial charge in [0, 0.05) is 18.4 Å². The smallest absolute Gasteiger partial charge is 0.166 e. The monoisotopic (exact) mass is 403 g/mol. The van der Waals surface area contributed by atoms with Gasteiger partial charge in [0.15, 0.2) is 5.78 Å². The predicted octanol–water partition coefficient (Wildman–Crippen LogP) is 3.95. The normalized spacial score (nSPS) is 49.2. The van der Waals surface area contributed by atoms with Crippen LogP contribution >= 0.6 is 0 Å². The molecule has 0 radical (unpaired) electrons. The molecular weight excluding hydrogens is 362 g/mol. The summed E-state index contributed by atoms with van der Waals surface area (Å²) in [6.45, 7) is 7.83. The van der Waals surface area contributed by atoms with E-state index in [2.05, 4.69) is 26.8 Å². The highest BCUT2D eigenvalue weighted by Crippen LogP contribution is 2.72. The summed E-state index contributed by atoms with van der Waals surface area (Å²) in [5.74, 6) is 0.968. The fourth-order valence-electron chi connectivity index (χ4n) is 7.99. The van der Waals surface area contributed by atoms with Gasteiger partial charge in [-0.25, -0.2) is 0 Å². The van der Waals surface area contributed by atoms with E-state index in [-0.39, 0.29) is 28.1 Å². The molecule has 0 amide bonds. The maximum absolute atomic E-state index is 13.2. The van der Waals surface area contributed by atoms with E-state index in [9.17, 15) is 15.0 Å². The van der Waals surface area contributed by atoms with Crippen LogP contribution in [0.25, 0.3) is 0 Å². The van der Waals surface area contributed by atoms with E-state index in [1.165, 1.54) is 5.57 Å². The summed E-state index contributed by atoms with van der Waals surface area (Å²) >= 11 is 0. The first-order chi connectivity index (χ1) is 13.5. The minimum absolute atomic E-state index is 0.0545. The summed E-state index contributed by atoms with van der Waals surface area (Å²) in [4.78, 5) is 15.2. The van der Waals surface area contributed by atoms with Gasteiger partial charge in [0.1, 0.15) is 5.60 Å². The first-order valence-corrected chi connectivity index (χ1v) is 11.8. The molecule has 0 bridgehead atoms. The number of aliphatic hydroxyl groups is 2. The van der Waals surface area contributed by atoms with Crippen molar-refractivity contribution in [3.05, 3.63) is 11.6 Å². The molecule has 4 rings (SSSR count). The molecule has 4 aliphatic rings. The third-order valence-corrected chi connectivity index (χ3v) is 10.3. The van der Waals surface area contributed by atoms with Crippen molar-refractivity contribution in [2.75, 3.05) is 20.6 Å². The van der Waals surface area contributed by atoms with Gasteiger partial charge in [-0.1, -0.05) is 32.4 Å². The van der Waals surface area contributed by atoms with Gasteiger partial charge < -0.3 is 15.1 Å². The number of carbonyl (C=O) groups excluding carboxylic acids is 1. The van der Waals surface area contributed by atoms with Gasteiger partial charge in [0.05, 0.1) is 6.10 Å². The van der Waals surface area contributed by atoms with Gasteiger partial charge in [0.2, 0.25) is 0 Å². The summed E-state index contributed by atoms with van der Waals surface area (Å²) in [6, 6.07) is 0. The van der Waals surface area contributed by atoms with E-state index in [0.717, 1.165) is 44.9 Å². The van der Waals surface area contributed by atoms with Crippen molar-refractivity contribution >= 4 is 5.78 Å². The third kappa shape index (κ3) is 2.85. The average Bonchev–Trinajstić information content (AvgIpc) is 2.94. The van der Waals surface area contributed by atoms with Crippen molar-refractivity contribution in [1.82, 2.24) is 4.90 Å². The van der Waals surface area contributed by atoms with E-state index >= 15 is 0 Å². The highest BCUT2D eigenvalue weighted by molar-refractivity contribution is 5.88.